The molecule has 0 radical (unpaired) electrons. The van der Waals surface area contributed by atoms with Crippen LogP contribution >= 0.6 is 0 Å². The average molecular weight is 1010 g/mol. The summed E-state index contributed by atoms with van der Waals surface area (Å²) in [5, 5.41) is 28.8. The van der Waals surface area contributed by atoms with Crippen LogP contribution in [0.1, 0.15) is 153 Å². The van der Waals surface area contributed by atoms with E-state index in [-0.39, 0.29) is 90.3 Å². The number of unbranched alkanes of at least 4 members (excludes halogenated alkanes) is 5. The number of nitrogens with zero attached hydrogens (tertiary/aromatic N) is 2. The minimum Gasteiger partial charge on any atom is -0.396 e. The predicted molar refractivity (Wildman–Crippen MR) is 282 cm³/mol. The van der Waals surface area contributed by atoms with Crippen molar-refractivity contribution in [1.29, 1.82) is 0 Å². The number of aliphatic hydroxyl groups excluding tert-OH is 1. The van der Waals surface area contributed by atoms with E-state index in [1.165, 1.54) is 0 Å². The van der Waals surface area contributed by atoms with Crippen molar-refractivity contribution in [2.24, 2.45) is 11.8 Å². The number of amides is 5. The zero-order valence-electron chi connectivity index (χ0n) is 44.1. The van der Waals surface area contributed by atoms with Gasteiger partial charge >= 0.3 is 0 Å². The number of ketones is 2. The van der Waals surface area contributed by atoms with Crippen LogP contribution in [0.3, 0.4) is 0 Å². The predicted octanol–water partition coefficient (Wildman–Crippen LogP) is 4.82. The summed E-state index contributed by atoms with van der Waals surface area (Å²) in [6.45, 7) is 4.51. The second-order valence-electron chi connectivity index (χ2n) is 21.1. The molecule has 0 aliphatic carbocycles. The van der Waals surface area contributed by atoms with Crippen molar-refractivity contribution < 1.29 is 38.7 Å². The molecule has 0 spiro atoms. The fraction of sp³-hybridized carbons (Fsp3) is 0.667. The van der Waals surface area contributed by atoms with Crippen molar-refractivity contribution in [3.63, 3.8) is 0 Å². The molecule has 0 aromatic heterocycles. The molecule has 2 aromatic carbocycles. The van der Waals surface area contributed by atoms with Gasteiger partial charge in [0.1, 0.15) is 12.1 Å². The Labute approximate surface area is 434 Å². The summed E-state index contributed by atoms with van der Waals surface area (Å²) in [6.07, 6.45) is 13.4. The summed E-state index contributed by atoms with van der Waals surface area (Å²) < 4.78 is 0. The van der Waals surface area contributed by atoms with E-state index in [1.54, 1.807) is 19.0 Å². The summed E-state index contributed by atoms with van der Waals surface area (Å²) in [5.74, 6) is -1.33. The lowest BCUT2D eigenvalue weighted by atomic mass is 9.92. The van der Waals surface area contributed by atoms with Crippen LogP contribution in [0.5, 0.6) is 0 Å². The second kappa shape index (κ2) is 29.2. The number of likely N-dealkylation sites (N-methyl/N-ethyl adjacent to an activating group) is 2. The van der Waals surface area contributed by atoms with Gasteiger partial charge in [-0.2, -0.15) is 0 Å². The van der Waals surface area contributed by atoms with Crippen molar-refractivity contribution in [2.45, 2.75) is 197 Å². The van der Waals surface area contributed by atoms with Gasteiger partial charge < -0.3 is 41.9 Å². The number of aliphatic hydroxyl groups is 1. The minimum atomic E-state index is -0.860. The highest BCUT2D eigenvalue weighted by atomic mass is 16.3. The Balaban J connectivity index is 0.944. The van der Waals surface area contributed by atoms with Gasteiger partial charge in [0.05, 0.1) is 24.2 Å². The number of benzene rings is 2. The van der Waals surface area contributed by atoms with Gasteiger partial charge in [-0.15, -0.1) is 0 Å². The summed E-state index contributed by atoms with van der Waals surface area (Å²) in [4.78, 5) is 99.9. The van der Waals surface area contributed by atoms with Gasteiger partial charge in [0.2, 0.25) is 29.5 Å². The highest BCUT2D eigenvalue weighted by Gasteiger charge is 2.48. The number of hydrogen-bond acceptors (Lipinski definition) is 11. The molecular weight excluding hydrogens is 925 g/mol. The summed E-state index contributed by atoms with van der Waals surface area (Å²) in [7, 11) is 3.48. The monoisotopic (exact) mass is 1010 g/mol. The van der Waals surface area contributed by atoms with Gasteiger partial charge in [-0.25, -0.2) is 0 Å². The lowest BCUT2D eigenvalue weighted by Crippen LogP contribution is -2.58. The number of rotatable bonds is 28. The van der Waals surface area contributed by atoms with Crippen molar-refractivity contribution in [3.8, 4) is 0 Å². The molecule has 11 atom stereocenters. The molecule has 4 fully saturated rings. The Morgan fingerprint density at radius 2 is 1.23 bits per heavy atom. The topological polar surface area (TPSA) is 218 Å². The Morgan fingerprint density at radius 3 is 1.89 bits per heavy atom. The standard InChI is InChI=1S/C57H86N8O8/c1-5-44(58-3)54(70)61-46-36-64-42(28-27-41(46)37-66)30-33-48(64)56(72)62-52(39-21-15-12-16-22-39)50(68)23-17-9-7-8-10-18-24-51(69)60-35-40-26-29-43-31-32-47(49(67)34-25-38-19-13-11-14-20-38)65(43)57(73)53(40)63-55(71)45(6-2)59-4/h11-16,19-22,40-48,52-53,58-59,66H,5-10,17-18,23-37H2,1-4H3,(H,60,69)(H,61,70)(H,62,72)(H,63,71)/t40-,41-,42+,43+,44+,45+,46-,47+,48+,52+,53+/m1/s1. The second-order valence-corrected chi connectivity index (χ2v) is 21.1. The fourth-order valence-corrected chi connectivity index (χ4v) is 12.0. The smallest absolute Gasteiger partial charge is 0.246 e. The normalized spacial score (nSPS) is 25.3. The van der Waals surface area contributed by atoms with E-state index in [1.807, 2.05) is 74.5 Å². The Morgan fingerprint density at radius 1 is 0.658 bits per heavy atom. The van der Waals surface area contributed by atoms with Crippen LogP contribution in [-0.2, 0) is 40.0 Å². The van der Waals surface area contributed by atoms with Crippen molar-refractivity contribution in [1.82, 2.24) is 41.7 Å². The lowest BCUT2D eigenvalue weighted by Gasteiger charge is -2.33. The number of nitrogens with one attached hydrogen (secondary N) is 6. The Hall–Kier alpha value is -5.03. The Bertz CT molecular complexity index is 2100. The van der Waals surface area contributed by atoms with Crippen molar-refractivity contribution >= 4 is 41.1 Å². The largest absolute Gasteiger partial charge is 0.396 e. The first-order valence-electron chi connectivity index (χ1n) is 27.8. The molecule has 6 rings (SSSR count). The molecule has 7 N–H and O–H groups in total. The zero-order valence-corrected chi connectivity index (χ0v) is 44.1. The Kier molecular flexibility index (Phi) is 22.9. The SMILES string of the molecule is CC[C@H](NC)C(=O)N[C@@H]1C(=O)N2[C@@H](CC[C@@H]1CNC(=O)CCCCCCCCC(=O)[C@@H](NC(=O)[C@@H]1CC[C@@H]3CC[C@H](CO)[C@H](NC(=O)[C@H](CC)NC)CN31)c1ccccc1)CC[C@H]2C(=O)CCc1ccccc1. The molecule has 16 nitrogen and oxygen atoms in total. The maximum Gasteiger partial charge on any atom is 0.246 e. The maximum absolute atomic E-state index is 14.5. The van der Waals surface area contributed by atoms with E-state index >= 15 is 0 Å². The molecule has 73 heavy (non-hydrogen) atoms. The molecule has 402 valence electrons. The minimum absolute atomic E-state index is 0.0401. The van der Waals surface area contributed by atoms with Crippen LogP contribution in [-0.4, -0.2) is 138 Å². The van der Waals surface area contributed by atoms with Crippen LogP contribution < -0.4 is 31.9 Å². The lowest BCUT2D eigenvalue weighted by molar-refractivity contribution is -0.143. The van der Waals surface area contributed by atoms with Gasteiger partial charge in [-0.1, -0.05) is 100 Å². The molecule has 4 aliphatic rings. The van der Waals surface area contributed by atoms with Gasteiger partial charge in [-0.05, 0) is 109 Å². The van der Waals surface area contributed by atoms with Crippen LogP contribution in [0.15, 0.2) is 60.7 Å². The van der Waals surface area contributed by atoms with Crippen LogP contribution in [0.2, 0.25) is 0 Å². The number of fused-ring (bicyclic) bond motifs is 2. The van der Waals surface area contributed by atoms with E-state index in [2.05, 4.69) is 36.8 Å². The molecule has 16 heteroatoms. The third-order valence-corrected chi connectivity index (χ3v) is 16.4. The third kappa shape index (κ3) is 15.8. The van der Waals surface area contributed by atoms with Gasteiger partial charge in [-0.3, -0.25) is 38.5 Å². The van der Waals surface area contributed by atoms with E-state index in [0.717, 1.165) is 62.5 Å². The van der Waals surface area contributed by atoms with E-state index in [4.69, 9.17) is 0 Å². The van der Waals surface area contributed by atoms with Gasteiger partial charge in [0.15, 0.2) is 11.6 Å². The molecule has 4 saturated heterocycles. The molecule has 0 bridgehead atoms. The van der Waals surface area contributed by atoms with E-state index in [9.17, 15) is 38.7 Å². The van der Waals surface area contributed by atoms with E-state index < -0.39 is 30.2 Å². The van der Waals surface area contributed by atoms with Crippen LogP contribution in [0, 0.1) is 11.8 Å². The first-order valence-corrected chi connectivity index (χ1v) is 27.8. The first-order chi connectivity index (χ1) is 35.4. The van der Waals surface area contributed by atoms with Crippen molar-refractivity contribution in [2.75, 3.05) is 33.8 Å². The van der Waals surface area contributed by atoms with Crippen LogP contribution in [0.4, 0.5) is 0 Å². The zero-order chi connectivity index (χ0) is 52.3. The number of hydrogen-bond donors (Lipinski definition) is 7. The van der Waals surface area contributed by atoms with Gasteiger partial charge in [0.25, 0.3) is 0 Å². The molecular formula is C57H86N8O8. The highest BCUT2D eigenvalue weighted by molar-refractivity contribution is 5.95. The first kappa shape index (κ1) is 57.3. The molecule has 4 aliphatic heterocycles. The number of Topliss-reactive ketones (excluding diaryl/α,β-unsaturated/α-hetero) is 2. The van der Waals surface area contributed by atoms with Crippen LogP contribution in [0.25, 0.3) is 0 Å². The number of aryl methyl sites for hydroxylation is 1. The number of carbonyl (C=O) groups excluding carboxylic acids is 7. The van der Waals surface area contributed by atoms with Crippen molar-refractivity contribution in [3.05, 3.63) is 71.8 Å². The molecule has 0 saturated carbocycles. The maximum atomic E-state index is 14.5. The molecule has 2 aromatic rings. The molecule has 0 unspecified atom stereocenters. The molecule has 5 amide bonds. The average Bonchev–Trinajstić information content (AvgIpc) is 3.94. The number of carbonyl (C=O) groups is 7. The van der Waals surface area contributed by atoms with E-state index in [0.29, 0.717) is 83.6 Å². The summed E-state index contributed by atoms with van der Waals surface area (Å²) in [5.41, 5.74) is 1.82. The third-order valence-electron chi connectivity index (χ3n) is 16.4. The highest BCUT2D eigenvalue weighted by Crippen LogP contribution is 2.36. The molecule has 4 heterocycles. The summed E-state index contributed by atoms with van der Waals surface area (Å²) >= 11 is 0. The fourth-order valence-electron chi connectivity index (χ4n) is 12.0. The quantitative estimate of drug-likeness (QED) is 0.0574. The summed E-state index contributed by atoms with van der Waals surface area (Å²) in [6, 6.07) is 15.6. The van der Waals surface area contributed by atoms with Gasteiger partial charge in [0, 0.05) is 68.9 Å².